The molecule has 0 unspecified atom stereocenters. The van der Waals surface area contributed by atoms with Gasteiger partial charge in [-0.25, -0.2) is 0 Å². The van der Waals surface area contributed by atoms with Crippen molar-refractivity contribution in [2.24, 2.45) is 0 Å². The van der Waals surface area contributed by atoms with Gasteiger partial charge in [0.05, 0.1) is 9.81 Å². The molecule has 0 saturated heterocycles. The molecule has 0 aliphatic rings. The van der Waals surface area contributed by atoms with Crippen molar-refractivity contribution in [3.8, 4) is 0 Å². The number of aryl methyl sites for hydroxylation is 2. The first-order chi connectivity index (χ1) is 17.8. The van der Waals surface area contributed by atoms with Gasteiger partial charge < -0.3 is 0 Å². The van der Waals surface area contributed by atoms with E-state index in [9.17, 15) is 9.59 Å². The summed E-state index contributed by atoms with van der Waals surface area (Å²) in [6.45, 7) is 4.02. The quantitative estimate of drug-likeness (QED) is 0.164. The van der Waals surface area contributed by atoms with E-state index in [0.717, 1.165) is 34.0 Å². The molecular weight excluding hydrogens is 519 g/mol. The highest BCUT2D eigenvalue weighted by Gasteiger charge is 2.21. The first-order valence-electron chi connectivity index (χ1n) is 11.6. The van der Waals surface area contributed by atoms with Gasteiger partial charge >= 0.3 is 0 Å². The molecule has 0 aromatic heterocycles. The van der Waals surface area contributed by atoms with Crippen molar-refractivity contribution in [1.29, 1.82) is 0 Å². The number of rotatable bonds is 8. The minimum atomic E-state index is -0.194. The molecule has 37 heavy (non-hydrogen) atoms. The molecule has 0 saturated carbocycles. The van der Waals surface area contributed by atoms with Gasteiger partial charge in [0.25, 0.3) is 0 Å². The first-order valence-corrected chi connectivity index (χ1v) is 13.2. The average molecular weight is 544 g/mol. The number of hydrogen-bond acceptors (Lipinski definition) is 3. The molecule has 0 atom stereocenters. The number of thioether (sulfide) groups is 1. The maximum Gasteiger partial charge on any atom is 0.199 e. The Kier molecular flexibility index (Phi) is 8.83. The van der Waals surface area contributed by atoms with Crippen LogP contribution in [0.4, 0.5) is 0 Å². The third-order valence-corrected chi connectivity index (χ3v) is 7.18. The minimum Gasteiger partial charge on any atom is -0.288 e. The molecule has 0 N–H and O–H groups in total. The average Bonchev–Trinajstić information content (AvgIpc) is 2.90. The summed E-state index contributed by atoms with van der Waals surface area (Å²) < 4.78 is 0. The Morgan fingerprint density at radius 1 is 0.541 bits per heavy atom. The smallest absolute Gasteiger partial charge is 0.199 e. The van der Waals surface area contributed by atoms with Crippen LogP contribution in [0.25, 0.3) is 12.2 Å². The summed E-state index contributed by atoms with van der Waals surface area (Å²) in [5.74, 6) is -0.387. The molecule has 0 fully saturated rings. The topological polar surface area (TPSA) is 34.1 Å². The second-order valence-electron chi connectivity index (χ2n) is 8.61. The van der Waals surface area contributed by atoms with E-state index >= 15 is 0 Å². The third kappa shape index (κ3) is 7.33. The molecule has 0 aliphatic heterocycles. The number of ketones is 2. The standard InChI is InChI=1S/C32H24Cl2O2S/c1-21-3-7-23(8-4-21)19-29(31(35)25-11-15-27(33)16-12-25)37-30(20-24-9-5-22(2)6-10-24)32(36)26-13-17-28(34)18-14-26/h3-20H,1-2H3/b29-19-,30-20+. The van der Waals surface area contributed by atoms with Crippen molar-refractivity contribution in [3.63, 3.8) is 0 Å². The molecule has 184 valence electrons. The van der Waals surface area contributed by atoms with Gasteiger partial charge in [0, 0.05) is 21.2 Å². The maximum atomic E-state index is 13.7. The molecule has 4 rings (SSSR count). The molecule has 4 aromatic carbocycles. The lowest BCUT2D eigenvalue weighted by Crippen LogP contribution is -2.06. The van der Waals surface area contributed by atoms with Gasteiger partial charge in [-0.15, -0.1) is 0 Å². The van der Waals surface area contributed by atoms with Crippen LogP contribution in [0.3, 0.4) is 0 Å². The van der Waals surface area contributed by atoms with E-state index in [4.69, 9.17) is 23.2 Å². The Morgan fingerprint density at radius 3 is 1.19 bits per heavy atom. The van der Waals surface area contributed by atoms with E-state index in [0.29, 0.717) is 31.0 Å². The van der Waals surface area contributed by atoms with Crippen molar-refractivity contribution in [2.75, 3.05) is 0 Å². The lowest BCUT2D eigenvalue weighted by molar-refractivity contribution is 0.103. The van der Waals surface area contributed by atoms with Crippen LogP contribution in [-0.4, -0.2) is 11.6 Å². The predicted octanol–water partition coefficient (Wildman–Crippen LogP) is 9.49. The van der Waals surface area contributed by atoms with Crippen molar-refractivity contribution < 1.29 is 9.59 Å². The maximum absolute atomic E-state index is 13.7. The fraction of sp³-hybridized carbons (Fsp3) is 0.0625. The van der Waals surface area contributed by atoms with E-state index in [-0.39, 0.29) is 11.6 Å². The van der Waals surface area contributed by atoms with E-state index in [1.165, 1.54) is 0 Å². The monoisotopic (exact) mass is 542 g/mol. The van der Waals surface area contributed by atoms with E-state index in [2.05, 4.69) is 0 Å². The van der Waals surface area contributed by atoms with Crippen LogP contribution in [0.1, 0.15) is 43.0 Å². The summed E-state index contributed by atoms with van der Waals surface area (Å²) in [6.07, 6.45) is 3.64. The number of halogens is 2. The van der Waals surface area contributed by atoms with Gasteiger partial charge in [-0.1, -0.05) is 94.6 Å². The number of benzene rings is 4. The molecular formula is C32H24Cl2O2S. The zero-order valence-electron chi connectivity index (χ0n) is 20.4. The second kappa shape index (κ2) is 12.2. The third-order valence-electron chi connectivity index (χ3n) is 5.63. The molecule has 0 heterocycles. The van der Waals surface area contributed by atoms with Crippen LogP contribution in [0, 0.1) is 13.8 Å². The van der Waals surface area contributed by atoms with Crippen LogP contribution in [0.2, 0.25) is 10.0 Å². The lowest BCUT2D eigenvalue weighted by Gasteiger charge is -2.11. The van der Waals surface area contributed by atoms with Gasteiger partial charge in [0.2, 0.25) is 0 Å². The Balaban J connectivity index is 1.80. The van der Waals surface area contributed by atoms with Crippen molar-refractivity contribution in [1.82, 2.24) is 0 Å². The second-order valence-corrected chi connectivity index (χ2v) is 10.6. The summed E-state index contributed by atoms with van der Waals surface area (Å²) >= 11 is 13.3. The van der Waals surface area contributed by atoms with Crippen LogP contribution in [-0.2, 0) is 0 Å². The molecule has 0 radical (unpaired) electrons. The largest absolute Gasteiger partial charge is 0.288 e. The highest BCUT2D eigenvalue weighted by Crippen LogP contribution is 2.34. The molecule has 2 nitrogen and oxygen atoms in total. The molecule has 4 aromatic rings. The fourth-order valence-electron chi connectivity index (χ4n) is 3.52. The van der Waals surface area contributed by atoms with Gasteiger partial charge in [-0.05, 0) is 85.7 Å². The van der Waals surface area contributed by atoms with Crippen molar-refractivity contribution in [3.05, 3.63) is 150 Å². The summed E-state index contributed by atoms with van der Waals surface area (Å²) in [5, 5.41) is 1.09. The number of hydrogen-bond donors (Lipinski definition) is 0. The van der Waals surface area contributed by atoms with Crippen LogP contribution in [0.5, 0.6) is 0 Å². The highest BCUT2D eigenvalue weighted by molar-refractivity contribution is 8.08. The fourth-order valence-corrected chi connectivity index (χ4v) is 4.82. The van der Waals surface area contributed by atoms with Gasteiger partial charge in [-0.3, -0.25) is 9.59 Å². The molecule has 5 heteroatoms. The Hall–Kier alpha value is -3.37. The highest BCUT2D eigenvalue weighted by atomic mass is 35.5. The van der Waals surface area contributed by atoms with Crippen LogP contribution in [0.15, 0.2) is 107 Å². The summed E-state index contributed by atoms with van der Waals surface area (Å²) in [6, 6.07) is 29.3. The predicted molar refractivity (Wildman–Crippen MR) is 157 cm³/mol. The Labute approximate surface area is 231 Å². The van der Waals surface area contributed by atoms with E-state index < -0.39 is 0 Å². The van der Waals surface area contributed by atoms with Gasteiger partial charge in [0.1, 0.15) is 0 Å². The molecule has 0 bridgehead atoms. The first kappa shape index (κ1) is 26.7. The Bertz CT molecular complexity index is 1350. The summed E-state index contributed by atoms with van der Waals surface area (Å²) in [5.41, 5.74) is 4.95. The van der Waals surface area contributed by atoms with Crippen molar-refractivity contribution >= 4 is 58.7 Å². The lowest BCUT2D eigenvalue weighted by atomic mass is 10.1. The van der Waals surface area contributed by atoms with Crippen LogP contribution < -0.4 is 0 Å². The molecule has 0 aliphatic carbocycles. The normalized spacial score (nSPS) is 11.9. The minimum absolute atomic E-state index is 0.194. The summed E-state index contributed by atoms with van der Waals surface area (Å²) in [4.78, 5) is 28.2. The Morgan fingerprint density at radius 2 is 0.865 bits per heavy atom. The van der Waals surface area contributed by atoms with Crippen molar-refractivity contribution in [2.45, 2.75) is 13.8 Å². The number of allylic oxidation sites excluding steroid dienone is 2. The SMILES string of the molecule is Cc1ccc(/C=C(\S/C(=C/c2ccc(C)cc2)C(=O)c2ccc(Cl)cc2)C(=O)c2ccc(Cl)cc2)cc1. The molecule has 0 amide bonds. The van der Waals surface area contributed by atoms with E-state index in [1.54, 1.807) is 48.5 Å². The van der Waals surface area contributed by atoms with Gasteiger partial charge in [-0.2, -0.15) is 0 Å². The number of carbonyl (C=O) groups excluding carboxylic acids is 2. The molecule has 0 spiro atoms. The van der Waals surface area contributed by atoms with Crippen LogP contribution >= 0.6 is 35.0 Å². The zero-order chi connectivity index (χ0) is 26.4. The number of Topliss-reactive ketones (excluding diaryl/α,β-unsaturated/α-hetero) is 2. The van der Waals surface area contributed by atoms with E-state index in [1.807, 2.05) is 74.5 Å². The summed E-state index contributed by atoms with van der Waals surface area (Å²) in [7, 11) is 0. The van der Waals surface area contributed by atoms with Gasteiger partial charge in [0.15, 0.2) is 11.6 Å². The zero-order valence-corrected chi connectivity index (χ0v) is 22.7. The number of carbonyl (C=O) groups is 2.